The Kier molecular flexibility index (Phi) is 6.87. The zero-order valence-corrected chi connectivity index (χ0v) is 21.7. The van der Waals surface area contributed by atoms with Gasteiger partial charge in [-0.1, -0.05) is 6.58 Å². The molecule has 11 heteroatoms. The van der Waals surface area contributed by atoms with Crippen molar-refractivity contribution in [1.82, 2.24) is 29.4 Å². The molecule has 0 aliphatic rings. The topological polar surface area (TPSA) is 127 Å². The maximum atomic E-state index is 12.4. The first-order valence-corrected chi connectivity index (χ1v) is 12.1. The van der Waals surface area contributed by atoms with Gasteiger partial charge in [0, 0.05) is 25.8 Å². The molecule has 0 saturated carbocycles. The number of likely N-dealkylation sites (N-methyl/N-ethyl adjacent to an activating group) is 1. The van der Waals surface area contributed by atoms with Gasteiger partial charge in [0.05, 0.1) is 29.4 Å². The van der Waals surface area contributed by atoms with Crippen LogP contribution >= 0.6 is 0 Å². The average Bonchev–Trinajstić information content (AvgIpc) is 3.29. The zero-order chi connectivity index (χ0) is 27.5. The Hall–Kier alpha value is -5.32. The Balaban J connectivity index is 1.33. The molecule has 3 aromatic heterocycles. The van der Waals surface area contributed by atoms with Crippen LogP contribution in [0.25, 0.3) is 22.1 Å². The lowest BCUT2D eigenvalue weighted by Crippen LogP contribution is -2.33. The molecule has 0 fully saturated rings. The van der Waals surface area contributed by atoms with E-state index in [0.29, 0.717) is 34.2 Å². The van der Waals surface area contributed by atoms with E-state index in [-0.39, 0.29) is 18.4 Å². The lowest BCUT2D eigenvalue weighted by molar-refractivity contribution is -0.129. The van der Waals surface area contributed by atoms with Gasteiger partial charge in [0.2, 0.25) is 11.8 Å². The molecule has 0 radical (unpaired) electrons. The largest absolute Gasteiger partial charge is 0.457 e. The third-order valence-corrected chi connectivity index (χ3v) is 6.04. The number of nitrogens with one attached hydrogen (secondary N) is 2. The van der Waals surface area contributed by atoms with Gasteiger partial charge in [-0.2, -0.15) is 0 Å². The normalized spacial score (nSPS) is 10.8. The van der Waals surface area contributed by atoms with Crippen molar-refractivity contribution in [2.75, 3.05) is 24.2 Å². The summed E-state index contributed by atoms with van der Waals surface area (Å²) in [5.41, 5.74) is 4.67. The number of hydrogen-bond donors (Lipinski definition) is 2. The van der Waals surface area contributed by atoms with Gasteiger partial charge in [-0.3, -0.25) is 9.59 Å². The summed E-state index contributed by atoms with van der Waals surface area (Å²) in [6.45, 7) is 5.25. The molecule has 2 aromatic carbocycles. The molecule has 0 aliphatic heterocycles. The number of fused-ring (bicyclic) bond motifs is 2. The van der Waals surface area contributed by atoms with E-state index in [1.165, 1.54) is 18.3 Å². The number of aryl methyl sites for hydroxylation is 2. The predicted molar refractivity (Wildman–Crippen MR) is 149 cm³/mol. The number of aromatic nitrogens is 5. The number of nitrogens with zero attached hydrogens (tertiary/aromatic N) is 6. The summed E-state index contributed by atoms with van der Waals surface area (Å²) in [4.78, 5) is 42.8. The number of ether oxygens (including phenoxy) is 1. The first-order chi connectivity index (χ1) is 18.8. The molecule has 5 aromatic rings. The minimum absolute atomic E-state index is 0.135. The van der Waals surface area contributed by atoms with E-state index in [4.69, 9.17) is 4.74 Å². The number of carbonyl (C=O) groups excluding carboxylic acids is 2. The summed E-state index contributed by atoms with van der Waals surface area (Å²) < 4.78 is 8.08. The maximum absolute atomic E-state index is 12.4. The van der Waals surface area contributed by atoms with Gasteiger partial charge in [0.1, 0.15) is 29.2 Å². The summed E-state index contributed by atoms with van der Waals surface area (Å²) in [5, 5.41) is 5.99. The van der Waals surface area contributed by atoms with Crippen LogP contribution in [0.4, 0.5) is 17.3 Å². The number of pyridine rings is 1. The van der Waals surface area contributed by atoms with Crippen LogP contribution in [0.3, 0.4) is 0 Å². The summed E-state index contributed by atoms with van der Waals surface area (Å²) >= 11 is 0. The number of imidazole rings is 1. The highest BCUT2D eigenvalue weighted by molar-refractivity contribution is 5.97. The first-order valence-electron chi connectivity index (χ1n) is 12.1. The van der Waals surface area contributed by atoms with E-state index in [9.17, 15) is 9.59 Å². The van der Waals surface area contributed by atoms with E-state index in [1.807, 2.05) is 54.9 Å². The monoisotopic (exact) mass is 522 g/mol. The second kappa shape index (κ2) is 10.6. The minimum Gasteiger partial charge on any atom is -0.457 e. The Morgan fingerprint density at radius 3 is 2.72 bits per heavy atom. The molecule has 0 spiro atoms. The molecule has 0 bridgehead atoms. The molecule has 5 rings (SSSR count). The van der Waals surface area contributed by atoms with Crippen molar-refractivity contribution in [3.63, 3.8) is 0 Å². The Bertz CT molecular complexity index is 1730. The molecule has 2 N–H and O–H groups in total. The van der Waals surface area contributed by atoms with Crippen molar-refractivity contribution < 1.29 is 14.3 Å². The summed E-state index contributed by atoms with van der Waals surface area (Å²) in [6, 6.07) is 14.9. The van der Waals surface area contributed by atoms with Crippen molar-refractivity contribution in [2.45, 2.75) is 6.92 Å². The van der Waals surface area contributed by atoms with E-state index >= 15 is 0 Å². The quantitative estimate of drug-likeness (QED) is 0.288. The fourth-order valence-electron chi connectivity index (χ4n) is 4.02. The zero-order valence-electron chi connectivity index (χ0n) is 21.7. The summed E-state index contributed by atoms with van der Waals surface area (Å²) in [5.74, 6) is 1.46. The SMILES string of the molecule is C=CC(=O)N(C)CC(=O)Nc1ccc2ncnc(Nc3ccc(Oc4ccc5c(c4)ncn5C)c(C)c3)c2n1. The minimum atomic E-state index is -0.390. The lowest BCUT2D eigenvalue weighted by atomic mass is 10.2. The van der Waals surface area contributed by atoms with Gasteiger partial charge in [-0.15, -0.1) is 0 Å². The fourth-order valence-corrected chi connectivity index (χ4v) is 4.02. The second-order valence-corrected chi connectivity index (χ2v) is 8.95. The van der Waals surface area contributed by atoms with Crippen molar-refractivity contribution in [3.05, 3.63) is 79.4 Å². The van der Waals surface area contributed by atoms with Crippen LogP contribution in [0, 0.1) is 6.92 Å². The predicted octanol–water partition coefficient (Wildman–Crippen LogP) is 4.34. The van der Waals surface area contributed by atoms with Crippen LogP contribution in [0.1, 0.15) is 5.56 Å². The molecule has 39 heavy (non-hydrogen) atoms. The van der Waals surface area contributed by atoms with Gasteiger partial charge < -0.3 is 24.8 Å². The molecule has 0 aliphatic carbocycles. The summed E-state index contributed by atoms with van der Waals surface area (Å²) in [6.07, 6.45) is 4.37. The van der Waals surface area contributed by atoms with Crippen LogP contribution in [-0.4, -0.2) is 54.8 Å². The molecular weight excluding hydrogens is 496 g/mol. The highest BCUT2D eigenvalue weighted by atomic mass is 16.5. The molecule has 0 atom stereocenters. The number of benzene rings is 2. The van der Waals surface area contributed by atoms with Crippen molar-refractivity contribution in [2.24, 2.45) is 7.05 Å². The lowest BCUT2D eigenvalue weighted by Gasteiger charge is -2.15. The standard InChI is InChI=1S/C28H26N8O3/c1-5-26(38)35(3)14-25(37)33-24-11-8-20-27(34-24)28(30-15-29-20)32-18-6-10-23(17(2)12-18)39-19-7-9-22-21(13-19)31-16-36(22)4/h5-13,15-16H,1,14H2,2-4H3,(H,29,30,32)(H,33,34,37). The van der Waals surface area contributed by atoms with Crippen LogP contribution in [0.2, 0.25) is 0 Å². The number of hydrogen-bond acceptors (Lipinski definition) is 8. The second-order valence-electron chi connectivity index (χ2n) is 8.95. The average molecular weight is 523 g/mol. The third kappa shape index (κ3) is 5.52. The maximum Gasteiger partial charge on any atom is 0.246 e. The van der Waals surface area contributed by atoms with Gasteiger partial charge in [0.15, 0.2) is 5.82 Å². The molecule has 0 unspecified atom stereocenters. The van der Waals surface area contributed by atoms with Crippen molar-refractivity contribution >= 4 is 51.2 Å². The van der Waals surface area contributed by atoms with Crippen LogP contribution in [0.15, 0.2) is 73.8 Å². The van der Waals surface area contributed by atoms with Crippen LogP contribution in [-0.2, 0) is 16.6 Å². The van der Waals surface area contributed by atoms with Gasteiger partial charge >= 0.3 is 0 Å². The molecule has 0 saturated heterocycles. The number of rotatable bonds is 8. The van der Waals surface area contributed by atoms with E-state index in [1.54, 1.807) is 18.5 Å². The fraction of sp³-hybridized carbons (Fsp3) is 0.143. The Morgan fingerprint density at radius 1 is 1.08 bits per heavy atom. The number of anilines is 3. The van der Waals surface area contributed by atoms with E-state index < -0.39 is 0 Å². The molecule has 196 valence electrons. The molecule has 2 amide bonds. The van der Waals surface area contributed by atoms with Crippen LogP contribution < -0.4 is 15.4 Å². The van der Waals surface area contributed by atoms with Gasteiger partial charge in [-0.25, -0.2) is 19.9 Å². The Labute approximate surface area is 224 Å². The van der Waals surface area contributed by atoms with E-state index in [0.717, 1.165) is 28.4 Å². The third-order valence-electron chi connectivity index (χ3n) is 6.04. The number of amides is 2. The van der Waals surface area contributed by atoms with E-state index in [2.05, 4.69) is 37.1 Å². The first kappa shape index (κ1) is 25.3. The van der Waals surface area contributed by atoms with Gasteiger partial charge in [0.25, 0.3) is 0 Å². The molecule has 3 heterocycles. The highest BCUT2D eigenvalue weighted by Crippen LogP contribution is 2.31. The number of carbonyl (C=O) groups is 2. The smallest absolute Gasteiger partial charge is 0.246 e. The Morgan fingerprint density at radius 2 is 1.92 bits per heavy atom. The molecule has 11 nitrogen and oxygen atoms in total. The van der Waals surface area contributed by atoms with Crippen molar-refractivity contribution in [1.29, 1.82) is 0 Å². The van der Waals surface area contributed by atoms with Crippen LogP contribution in [0.5, 0.6) is 11.5 Å². The highest BCUT2D eigenvalue weighted by Gasteiger charge is 2.13. The molecular formula is C28H26N8O3. The van der Waals surface area contributed by atoms with Crippen molar-refractivity contribution in [3.8, 4) is 11.5 Å². The van der Waals surface area contributed by atoms with Gasteiger partial charge in [-0.05, 0) is 61.0 Å². The summed E-state index contributed by atoms with van der Waals surface area (Å²) in [7, 11) is 3.47.